The fourth-order valence-electron chi connectivity index (χ4n) is 2.20. The minimum atomic E-state index is -0.0947. The molecule has 22 heavy (non-hydrogen) atoms. The molecule has 0 spiro atoms. The van der Waals surface area contributed by atoms with Gasteiger partial charge in [-0.2, -0.15) is 5.26 Å². The first-order chi connectivity index (χ1) is 10.8. The van der Waals surface area contributed by atoms with Crippen LogP contribution in [0.4, 0.5) is 0 Å². The van der Waals surface area contributed by atoms with Gasteiger partial charge in [-0.15, -0.1) is 0 Å². The summed E-state index contributed by atoms with van der Waals surface area (Å²) in [6, 6.07) is 16.3. The van der Waals surface area contributed by atoms with Crippen molar-refractivity contribution in [2.45, 2.75) is 6.54 Å². The first-order valence-corrected chi connectivity index (χ1v) is 6.86. The third kappa shape index (κ3) is 2.67. The van der Waals surface area contributed by atoms with Crippen LogP contribution in [0, 0.1) is 11.3 Å². The maximum atomic E-state index is 12.3. The summed E-state index contributed by atoms with van der Waals surface area (Å²) in [6.45, 7) is 0.662. The van der Waals surface area contributed by atoms with Crippen molar-refractivity contribution < 1.29 is 4.74 Å². The molecular weight excluding hydrogens is 278 g/mol. The molecule has 0 atom stereocenters. The number of para-hydroxylation sites is 2. The van der Waals surface area contributed by atoms with Crippen LogP contribution in [0.15, 0.2) is 59.7 Å². The lowest BCUT2D eigenvalue weighted by Crippen LogP contribution is -2.23. The van der Waals surface area contributed by atoms with Gasteiger partial charge in [-0.25, -0.2) is 4.98 Å². The molecule has 0 bridgehead atoms. The van der Waals surface area contributed by atoms with Crippen LogP contribution < -0.4 is 10.3 Å². The Hall–Kier alpha value is -3.13. The number of fused-ring (bicyclic) bond motifs is 1. The Morgan fingerprint density at radius 3 is 2.77 bits per heavy atom. The van der Waals surface area contributed by atoms with Crippen LogP contribution in [0.3, 0.4) is 0 Å². The molecule has 1 aromatic heterocycles. The molecule has 3 aromatic rings. The van der Waals surface area contributed by atoms with Gasteiger partial charge in [0.2, 0.25) is 0 Å². The maximum Gasteiger partial charge on any atom is 0.261 e. The summed E-state index contributed by atoms with van der Waals surface area (Å²) in [7, 11) is 0. The average Bonchev–Trinajstić information content (AvgIpc) is 2.57. The molecule has 5 heteroatoms. The van der Waals surface area contributed by atoms with Gasteiger partial charge in [-0.05, 0) is 24.3 Å². The van der Waals surface area contributed by atoms with Gasteiger partial charge in [0, 0.05) is 0 Å². The molecule has 0 aliphatic carbocycles. The molecule has 108 valence electrons. The number of aromatic nitrogens is 2. The molecule has 0 radical (unpaired) electrons. The first kappa shape index (κ1) is 13.8. The monoisotopic (exact) mass is 291 g/mol. The van der Waals surface area contributed by atoms with Crippen molar-refractivity contribution in [1.29, 1.82) is 5.26 Å². The molecule has 0 aliphatic heterocycles. The zero-order valence-corrected chi connectivity index (χ0v) is 11.8. The minimum Gasteiger partial charge on any atom is -0.490 e. The summed E-state index contributed by atoms with van der Waals surface area (Å²) < 4.78 is 7.10. The molecule has 2 aromatic carbocycles. The highest BCUT2D eigenvalue weighted by Crippen LogP contribution is 2.16. The molecule has 0 saturated carbocycles. The van der Waals surface area contributed by atoms with Gasteiger partial charge in [0.05, 0.1) is 29.3 Å². The number of benzene rings is 2. The van der Waals surface area contributed by atoms with Crippen molar-refractivity contribution in [2.75, 3.05) is 6.61 Å². The lowest BCUT2D eigenvalue weighted by Gasteiger charge is -2.09. The van der Waals surface area contributed by atoms with Crippen molar-refractivity contribution in [3.05, 3.63) is 70.8 Å². The Balaban J connectivity index is 1.76. The molecule has 3 rings (SSSR count). The second-order valence-electron chi connectivity index (χ2n) is 4.72. The normalized spacial score (nSPS) is 10.3. The Bertz CT molecular complexity index is 909. The lowest BCUT2D eigenvalue weighted by molar-refractivity contribution is 0.295. The fourth-order valence-corrected chi connectivity index (χ4v) is 2.20. The second kappa shape index (κ2) is 6.10. The highest BCUT2D eigenvalue weighted by Gasteiger charge is 2.05. The molecule has 0 saturated heterocycles. The summed E-state index contributed by atoms with van der Waals surface area (Å²) >= 11 is 0. The summed E-state index contributed by atoms with van der Waals surface area (Å²) in [4.78, 5) is 16.6. The van der Waals surface area contributed by atoms with E-state index in [2.05, 4.69) is 11.1 Å². The number of hydrogen-bond acceptors (Lipinski definition) is 4. The van der Waals surface area contributed by atoms with Crippen molar-refractivity contribution in [2.24, 2.45) is 0 Å². The van der Waals surface area contributed by atoms with Crippen LogP contribution >= 0.6 is 0 Å². The zero-order chi connectivity index (χ0) is 15.4. The van der Waals surface area contributed by atoms with Crippen molar-refractivity contribution >= 4 is 10.9 Å². The lowest BCUT2D eigenvalue weighted by atomic mass is 10.2. The first-order valence-electron chi connectivity index (χ1n) is 6.86. The number of hydrogen-bond donors (Lipinski definition) is 0. The van der Waals surface area contributed by atoms with Crippen LogP contribution in [-0.4, -0.2) is 16.2 Å². The van der Waals surface area contributed by atoms with Crippen LogP contribution in [-0.2, 0) is 6.54 Å². The average molecular weight is 291 g/mol. The van der Waals surface area contributed by atoms with E-state index in [1.165, 1.54) is 10.9 Å². The Morgan fingerprint density at radius 1 is 1.14 bits per heavy atom. The van der Waals surface area contributed by atoms with E-state index < -0.39 is 0 Å². The van der Waals surface area contributed by atoms with Gasteiger partial charge in [-0.1, -0.05) is 24.3 Å². The predicted molar refractivity (Wildman–Crippen MR) is 82.7 cm³/mol. The largest absolute Gasteiger partial charge is 0.490 e. The molecule has 0 fully saturated rings. The summed E-state index contributed by atoms with van der Waals surface area (Å²) in [5.41, 5.74) is 1.06. The fraction of sp³-hybridized carbons (Fsp3) is 0.118. The van der Waals surface area contributed by atoms with Crippen molar-refractivity contribution in [3.8, 4) is 11.8 Å². The smallest absolute Gasteiger partial charge is 0.261 e. The van der Waals surface area contributed by atoms with E-state index >= 15 is 0 Å². The van der Waals surface area contributed by atoms with Crippen LogP contribution in [0.25, 0.3) is 10.9 Å². The maximum absolute atomic E-state index is 12.3. The molecule has 0 aliphatic rings. The third-order valence-electron chi connectivity index (χ3n) is 3.33. The number of rotatable bonds is 4. The van der Waals surface area contributed by atoms with E-state index in [0.717, 1.165) is 0 Å². The number of nitriles is 1. The third-order valence-corrected chi connectivity index (χ3v) is 3.33. The molecule has 0 amide bonds. The summed E-state index contributed by atoms with van der Waals surface area (Å²) in [5.74, 6) is 0.520. The van der Waals surface area contributed by atoms with E-state index in [-0.39, 0.29) is 5.56 Å². The highest BCUT2D eigenvalue weighted by atomic mass is 16.5. The van der Waals surface area contributed by atoms with E-state index in [1.807, 2.05) is 12.1 Å². The Kier molecular flexibility index (Phi) is 3.84. The van der Waals surface area contributed by atoms with Gasteiger partial charge in [0.25, 0.3) is 5.56 Å². The molecule has 0 N–H and O–H groups in total. The quantitative estimate of drug-likeness (QED) is 0.740. The zero-order valence-electron chi connectivity index (χ0n) is 11.8. The van der Waals surface area contributed by atoms with Crippen molar-refractivity contribution in [3.63, 3.8) is 0 Å². The van der Waals surface area contributed by atoms with Crippen LogP contribution in [0.1, 0.15) is 5.56 Å². The molecular formula is C17H13N3O2. The van der Waals surface area contributed by atoms with E-state index in [9.17, 15) is 4.79 Å². The molecule has 0 unspecified atom stereocenters. The number of nitrogens with zero attached hydrogens (tertiary/aromatic N) is 3. The second-order valence-corrected chi connectivity index (χ2v) is 4.72. The highest BCUT2D eigenvalue weighted by molar-refractivity contribution is 5.76. The Morgan fingerprint density at radius 2 is 1.91 bits per heavy atom. The van der Waals surface area contributed by atoms with E-state index in [1.54, 1.807) is 36.4 Å². The predicted octanol–water partition coefficient (Wildman–Crippen LogP) is 2.35. The van der Waals surface area contributed by atoms with Crippen LogP contribution in [0.2, 0.25) is 0 Å². The van der Waals surface area contributed by atoms with Crippen molar-refractivity contribution in [1.82, 2.24) is 9.55 Å². The SMILES string of the molecule is N#Cc1ccccc1OCCn1cnc2ccccc2c1=O. The van der Waals surface area contributed by atoms with Gasteiger partial charge in [0.15, 0.2) is 0 Å². The minimum absolute atomic E-state index is 0.0947. The van der Waals surface area contributed by atoms with Gasteiger partial charge in [-0.3, -0.25) is 9.36 Å². The molecule has 1 heterocycles. The van der Waals surface area contributed by atoms with Crippen LogP contribution in [0.5, 0.6) is 5.75 Å². The van der Waals surface area contributed by atoms with E-state index in [4.69, 9.17) is 10.00 Å². The summed E-state index contributed by atoms with van der Waals surface area (Å²) in [6.07, 6.45) is 1.52. The van der Waals surface area contributed by atoms with Gasteiger partial charge in [0.1, 0.15) is 18.4 Å². The number of ether oxygens (including phenoxy) is 1. The van der Waals surface area contributed by atoms with Gasteiger partial charge >= 0.3 is 0 Å². The van der Waals surface area contributed by atoms with E-state index in [0.29, 0.717) is 35.4 Å². The van der Waals surface area contributed by atoms with Gasteiger partial charge < -0.3 is 4.74 Å². The Labute approximate surface area is 127 Å². The topological polar surface area (TPSA) is 67.9 Å². The standard InChI is InChI=1S/C17H13N3O2/c18-11-13-5-1-4-8-16(13)22-10-9-20-12-19-15-7-3-2-6-14(15)17(20)21/h1-8,12H,9-10H2. The molecule has 5 nitrogen and oxygen atoms in total. The summed E-state index contributed by atoms with van der Waals surface area (Å²) in [5, 5.41) is 9.59.